The quantitative estimate of drug-likeness (QED) is 0.335. The van der Waals surface area contributed by atoms with Gasteiger partial charge in [0, 0.05) is 39.4 Å². The van der Waals surface area contributed by atoms with Gasteiger partial charge in [0.05, 0.1) is 12.2 Å². The number of hydrogen-bond acceptors (Lipinski definition) is 3. The van der Waals surface area contributed by atoms with Gasteiger partial charge in [-0.1, -0.05) is 30.3 Å². The first-order valence-corrected chi connectivity index (χ1v) is 10.00. The Hall–Kier alpha value is -1.61. The number of guanidine groups is 1. The SMILES string of the molecule is CCNC(=NCc1ccnn1C)NCC1CCN(CCc2ccccc2)C1.I. The molecule has 28 heavy (non-hydrogen) atoms. The Kier molecular flexibility index (Phi) is 9.77. The van der Waals surface area contributed by atoms with E-state index in [1.165, 1.54) is 25.1 Å². The summed E-state index contributed by atoms with van der Waals surface area (Å²) >= 11 is 0. The van der Waals surface area contributed by atoms with Crippen molar-refractivity contribution in [1.82, 2.24) is 25.3 Å². The number of hydrogen-bond donors (Lipinski definition) is 2. The maximum atomic E-state index is 4.69. The van der Waals surface area contributed by atoms with Crippen LogP contribution in [-0.4, -0.2) is 53.4 Å². The lowest BCUT2D eigenvalue weighted by molar-refractivity contribution is 0.328. The Labute approximate surface area is 185 Å². The summed E-state index contributed by atoms with van der Waals surface area (Å²) < 4.78 is 1.87. The van der Waals surface area contributed by atoms with Gasteiger partial charge in [0.25, 0.3) is 0 Å². The molecule has 2 heterocycles. The summed E-state index contributed by atoms with van der Waals surface area (Å²) in [5.41, 5.74) is 2.54. The van der Waals surface area contributed by atoms with Crippen molar-refractivity contribution in [3.63, 3.8) is 0 Å². The average molecular weight is 496 g/mol. The molecule has 1 unspecified atom stereocenters. The number of aromatic nitrogens is 2. The molecule has 3 rings (SSSR count). The van der Waals surface area contributed by atoms with Gasteiger partial charge in [-0.15, -0.1) is 24.0 Å². The summed E-state index contributed by atoms with van der Waals surface area (Å²) in [4.78, 5) is 7.28. The van der Waals surface area contributed by atoms with Crippen LogP contribution in [0, 0.1) is 5.92 Å². The Balaban J connectivity index is 0.00000280. The molecular weight excluding hydrogens is 463 g/mol. The van der Waals surface area contributed by atoms with Crippen molar-refractivity contribution in [2.75, 3.05) is 32.7 Å². The lowest BCUT2D eigenvalue weighted by atomic mass is 10.1. The number of likely N-dealkylation sites (tertiary alicyclic amines) is 1. The van der Waals surface area contributed by atoms with E-state index in [9.17, 15) is 0 Å². The van der Waals surface area contributed by atoms with Gasteiger partial charge >= 0.3 is 0 Å². The van der Waals surface area contributed by atoms with Crippen molar-refractivity contribution in [3.05, 3.63) is 53.9 Å². The lowest BCUT2D eigenvalue weighted by Gasteiger charge is -2.17. The van der Waals surface area contributed by atoms with Crippen molar-refractivity contribution in [2.45, 2.75) is 26.3 Å². The van der Waals surface area contributed by atoms with Gasteiger partial charge in [0.15, 0.2) is 5.96 Å². The zero-order valence-corrected chi connectivity index (χ0v) is 19.3. The standard InChI is InChI=1S/C21H32N6.HI/c1-3-22-21(24-16-20-9-12-25-26(20)2)23-15-19-11-14-27(17-19)13-10-18-7-5-4-6-8-18;/h4-9,12,19H,3,10-11,13-17H2,1-2H3,(H2,22,23,24);1H. The second kappa shape index (κ2) is 12.1. The Morgan fingerprint density at radius 3 is 2.75 bits per heavy atom. The van der Waals surface area contributed by atoms with E-state index in [0.717, 1.165) is 37.7 Å². The maximum Gasteiger partial charge on any atom is 0.191 e. The van der Waals surface area contributed by atoms with E-state index in [1.54, 1.807) is 0 Å². The molecule has 154 valence electrons. The van der Waals surface area contributed by atoms with Crippen LogP contribution in [0.5, 0.6) is 0 Å². The Morgan fingerprint density at radius 1 is 1.21 bits per heavy atom. The minimum Gasteiger partial charge on any atom is -0.357 e. The van der Waals surface area contributed by atoms with Gasteiger partial charge in [-0.25, -0.2) is 4.99 Å². The van der Waals surface area contributed by atoms with Crippen molar-refractivity contribution in [1.29, 1.82) is 0 Å². The van der Waals surface area contributed by atoms with E-state index >= 15 is 0 Å². The van der Waals surface area contributed by atoms with E-state index in [2.05, 4.69) is 57.9 Å². The fourth-order valence-corrected chi connectivity index (χ4v) is 3.51. The van der Waals surface area contributed by atoms with Gasteiger partial charge in [-0.3, -0.25) is 4.68 Å². The molecule has 0 spiro atoms. The minimum atomic E-state index is 0. The first-order chi connectivity index (χ1) is 13.2. The second-order valence-electron chi connectivity index (χ2n) is 7.21. The van der Waals surface area contributed by atoms with Crippen LogP contribution in [0.3, 0.4) is 0 Å². The molecule has 1 aromatic carbocycles. The molecule has 1 fully saturated rings. The zero-order chi connectivity index (χ0) is 18.9. The van der Waals surface area contributed by atoms with Crippen molar-refractivity contribution in [2.24, 2.45) is 18.0 Å². The third-order valence-electron chi connectivity index (χ3n) is 5.15. The maximum absolute atomic E-state index is 4.69. The van der Waals surface area contributed by atoms with E-state index in [-0.39, 0.29) is 24.0 Å². The monoisotopic (exact) mass is 496 g/mol. The fourth-order valence-electron chi connectivity index (χ4n) is 3.51. The summed E-state index contributed by atoms with van der Waals surface area (Å²) in [6, 6.07) is 12.8. The highest BCUT2D eigenvalue weighted by Gasteiger charge is 2.22. The number of rotatable bonds is 8. The first kappa shape index (κ1) is 22.7. The van der Waals surface area contributed by atoms with Gasteiger partial charge in [-0.05, 0) is 43.9 Å². The number of nitrogens with one attached hydrogen (secondary N) is 2. The summed E-state index contributed by atoms with van der Waals surface area (Å²) in [6.45, 7) is 8.09. The normalized spacial score (nSPS) is 17.4. The molecular formula is C21H33IN6. The molecule has 0 saturated carbocycles. The first-order valence-electron chi connectivity index (χ1n) is 10.00. The third-order valence-corrected chi connectivity index (χ3v) is 5.15. The molecule has 0 radical (unpaired) electrons. The number of halogens is 1. The number of aryl methyl sites for hydroxylation is 1. The lowest BCUT2D eigenvalue weighted by Crippen LogP contribution is -2.40. The van der Waals surface area contributed by atoms with Crippen LogP contribution < -0.4 is 10.6 Å². The van der Waals surface area contributed by atoms with Crippen LogP contribution in [0.1, 0.15) is 24.6 Å². The molecule has 0 bridgehead atoms. The summed E-state index contributed by atoms with van der Waals surface area (Å²) in [5.74, 6) is 1.57. The highest BCUT2D eigenvalue weighted by Crippen LogP contribution is 2.16. The summed E-state index contributed by atoms with van der Waals surface area (Å²) in [7, 11) is 1.95. The molecule has 2 N–H and O–H groups in total. The van der Waals surface area contributed by atoms with Crippen LogP contribution in [0.15, 0.2) is 47.6 Å². The zero-order valence-electron chi connectivity index (χ0n) is 17.0. The summed E-state index contributed by atoms with van der Waals surface area (Å²) in [6.07, 6.45) is 4.20. The van der Waals surface area contributed by atoms with Crippen molar-refractivity contribution < 1.29 is 0 Å². The highest BCUT2D eigenvalue weighted by molar-refractivity contribution is 14.0. The van der Waals surface area contributed by atoms with Crippen LogP contribution in [0.2, 0.25) is 0 Å². The topological polar surface area (TPSA) is 57.5 Å². The van der Waals surface area contributed by atoms with Gasteiger partial charge in [-0.2, -0.15) is 5.10 Å². The van der Waals surface area contributed by atoms with Crippen molar-refractivity contribution >= 4 is 29.9 Å². The molecule has 1 saturated heterocycles. The van der Waals surface area contributed by atoms with Crippen LogP contribution in [0.25, 0.3) is 0 Å². The molecule has 0 amide bonds. The number of nitrogens with zero attached hydrogens (tertiary/aromatic N) is 4. The molecule has 1 aromatic heterocycles. The molecule has 7 heteroatoms. The Morgan fingerprint density at radius 2 is 2.04 bits per heavy atom. The van der Waals surface area contributed by atoms with E-state index < -0.39 is 0 Å². The van der Waals surface area contributed by atoms with Crippen LogP contribution in [-0.2, 0) is 20.0 Å². The molecule has 2 aromatic rings. The van der Waals surface area contributed by atoms with E-state index in [0.29, 0.717) is 12.5 Å². The van der Waals surface area contributed by atoms with Crippen molar-refractivity contribution in [3.8, 4) is 0 Å². The van der Waals surface area contributed by atoms with E-state index in [1.807, 2.05) is 24.0 Å². The fraction of sp³-hybridized carbons (Fsp3) is 0.524. The Bertz CT molecular complexity index is 715. The van der Waals surface area contributed by atoms with E-state index in [4.69, 9.17) is 4.99 Å². The molecule has 1 aliphatic heterocycles. The largest absolute Gasteiger partial charge is 0.357 e. The number of aliphatic imine (C=N–C) groups is 1. The highest BCUT2D eigenvalue weighted by atomic mass is 127. The predicted molar refractivity (Wildman–Crippen MR) is 126 cm³/mol. The summed E-state index contributed by atoms with van der Waals surface area (Å²) in [5, 5.41) is 11.1. The second-order valence-corrected chi connectivity index (χ2v) is 7.21. The predicted octanol–water partition coefficient (Wildman–Crippen LogP) is 2.66. The minimum absolute atomic E-state index is 0. The van der Waals surface area contributed by atoms with Gasteiger partial charge in [0.2, 0.25) is 0 Å². The average Bonchev–Trinajstić information content (AvgIpc) is 3.32. The third kappa shape index (κ3) is 7.09. The van der Waals surface area contributed by atoms with Crippen LogP contribution in [0.4, 0.5) is 0 Å². The molecule has 1 aliphatic rings. The number of benzene rings is 1. The van der Waals surface area contributed by atoms with Crippen LogP contribution >= 0.6 is 24.0 Å². The van der Waals surface area contributed by atoms with Gasteiger partial charge in [0.1, 0.15) is 0 Å². The smallest absolute Gasteiger partial charge is 0.191 e. The van der Waals surface area contributed by atoms with Gasteiger partial charge < -0.3 is 15.5 Å². The molecule has 0 aliphatic carbocycles. The molecule has 1 atom stereocenters. The molecule has 6 nitrogen and oxygen atoms in total.